The van der Waals surface area contributed by atoms with E-state index in [1.54, 1.807) is 20.3 Å². The van der Waals surface area contributed by atoms with Crippen molar-refractivity contribution in [2.75, 3.05) is 26.2 Å². The maximum atomic E-state index is 12.8. The summed E-state index contributed by atoms with van der Waals surface area (Å²) in [6.07, 6.45) is 1.40. The van der Waals surface area contributed by atoms with Crippen LogP contribution in [0.2, 0.25) is 0 Å². The van der Waals surface area contributed by atoms with E-state index in [0.29, 0.717) is 52.6 Å². The van der Waals surface area contributed by atoms with Crippen molar-refractivity contribution in [1.29, 1.82) is 5.41 Å². The molecule has 1 heterocycles. The highest BCUT2D eigenvalue weighted by Gasteiger charge is 2.17. The molecule has 0 aliphatic rings. The Balaban J connectivity index is 1.94. The standard InChI is InChI=1S/C23H28N4O3/c1-6-17(24)11-15-8-7-9-16(10-15)13-27(3)23-25-18-12-19(29-4)21(30-5)14(2)20(18)22(28)26-23/h7-10,12,24H,6,11,13H2,1-5H3,(H,25,26,28). The van der Waals surface area contributed by atoms with Crippen LogP contribution in [0.1, 0.15) is 30.0 Å². The molecule has 158 valence electrons. The largest absolute Gasteiger partial charge is 0.493 e. The third kappa shape index (κ3) is 4.30. The van der Waals surface area contributed by atoms with Gasteiger partial charge in [-0.2, -0.15) is 0 Å². The molecule has 0 amide bonds. The lowest BCUT2D eigenvalue weighted by atomic mass is 10.0. The maximum Gasteiger partial charge on any atom is 0.260 e. The molecule has 0 atom stereocenters. The van der Waals surface area contributed by atoms with E-state index in [1.807, 2.05) is 44.0 Å². The van der Waals surface area contributed by atoms with Gasteiger partial charge >= 0.3 is 0 Å². The number of fused-ring (bicyclic) bond motifs is 1. The predicted molar refractivity (Wildman–Crippen MR) is 120 cm³/mol. The second-order valence-electron chi connectivity index (χ2n) is 7.33. The van der Waals surface area contributed by atoms with Crippen molar-refractivity contribution >= 4 is 22.6 Å². The second-order valence-corrected chi connectivity index (χ2v) is 7.33. The number of aryl methyl sites for hydroxylation is 1. The fourth-order valence-corrected chi connectivity index (χ4v) is 3.58. The SMILES string of the molecule is CCC(=N)Cc1cccc(CN(C)c2nc3cc(OC)c(OC)c(C)c3c(=O)[nH]2)c1. The summed E-state index contributed by atoms with van der Waals surface area (Å²) in [6.45, 7) is 4.39. The lowest BCUT2D eigenvalue weighted by molar-refractivity contribution is 0.354. The number of methoxy groups -OCH3 is 2. The molecule has 3 rings (SSSR count). The van der Waals surface area contributed by atoms with Crippen molar-refractivity contribution in [2.45, 2.75) is 33.2 Å². The molecule has 1 aromatic heterocycles. The topological polar surface area (TPSA) is 91.3 Å². The van der Waals surface area contributed by atoms with Crippen LogP contribution in [0.5, 0.6) is 11.5 Å². The van der Waals surface area contributed by atoms with Crippen molar-refractivity contribution in [3.8, 4) is 11.5 Å². The highest BCUT2D eigenvalue weighted by molar-refractivity contribution is 5.87. The van der Waals surface area contributed by atoms with Crippen molar-refractivity contribution < 1.29 is 9.47 Å². The van der Waals surface area contributed by atoms with Gasteiger partial charge in [0.1, 0.15) is 0 Å². The van der Waals surface area contributed by atoms with Crippen LogP contribution >= 0.6 is 0 Å². The van der Waals surface area contributed by atoms with Gasteiger partial charge in [0.25, 0.3) is 5.56 Å². The first-order valence-electron chi connectivity index (χ1n) is 9.88. The molecule has 0 aliphatic heterocycles. The number of anilines is 1. The summed E-state index contributed by atoms with van der Waals surface area (Å²) in [7, 11) is 5.00. The lowest BCUT2D eigenvalue weighted by Gasteiger charge is -2.19. The maximum absolute atomic E-state index is 12.8. The van der Waals surface area contributed by atoms with Gasteiger partial charge in [-0.1, -0.05) is 31.2 Å². The van der Waals surface area contributed by atoms with Gasteiger partial charge in [0, 0.05) is 37.4 Å². The van der Waals surface area contributed by atoms with Crippen LogP contribution < -0.4 is 19.9 Å². The van der Waals surface area contributed by atoms with E-state index in [0.717, 1.165) is 17.5 Å². The molecule has 0 bridgehead atoms. The highest BCUT2D eigenvalue weighted by Crippen LogP contribution is 2.35. The quantitative estimate of drug-likeness (QED) is 0.552. The van der Waals surface area contributed by atoms with Crippen LogP contribution in [0.25, 0.3) is 10.9 Å². The molecule has 0 aliphatic carbocycles. The number of hydrogen-bond donors (Lipinski definition) is 2. The van der Waals surface area contributed by atoms with E-state index >= 15 is 0 Å². The molecular formula is C23H28N4O3. The van der Waals surface area contributed by atoms with E-state index in [2.05, 4.69) is 16.0 Å². The number of nitrogens with zero attached hydrogens (tertiary/aromatic N) is 2. The first-order valence-corrected chi connectivity index (χ1v) is 9.88. The van der Waals surface area contributed by atoms with E-state index in [1.165, 1.54) is 0 Å². The van der Waals surface area contributed by atoms with Gasteiger partial charge in [-0.25, -0.2) is 4.98 Å². The predicted octanol–water partition coefficient (Wildman–Crippen LogP) is 3.86. The second kappa shape index (κ2) is 8.98. The number of aromatic amines is 1. The first kappa shape index (κ1) is 21.4. The summed E-state index contributed by atoms with van der Waals surface area (Å²) in [6, 6.07) is 9.89. The Kier molecular flexibility index (Phi) is 6.40. The van der Waals surface area contributed by atoms with Gasteiger partial charge < -0.3 is 19.8 Å². The van der Waals surface area contributed by atoms with E-state index in [4.69, 9.17) is 14.9 Å². The summed E-state index contributed by atoms with van der Waals surface area (Å²) in [5, 5.41) is 8.41. The third-order valence-corrected chi connectivity index (χ3v) is 5.18. The monoisotopic (exact) mass is 408 g/mol. The Morgan fingerprint density at radius 1 is 1.20 bits per heavy atom. The van der Waals surface area contributed by atoms with E-state index in [-0.39, 0.29) is 5.56 Å². The highest BCUT2D eigenvalue weighted by atomic mass is 16.5. The molecule has 7 heteroatoms. The van der Waals surface area contributed by atoms with Crippen molar-refractivity contribution in [3.63, 3.8) is 0 Å². The Hall–Kier alpha value is -3.35. The van der Waals surface area contributed by atoms with Gasteiger partial charge in [0.2, 0.25) is 5.95 Å². The summed E-state index contributed by atoms with van der Waals surface area (Å²) in [5.41, 5.74) is 3.94. The van der Waals surface area contributed by atoms with Crippen LogP contribution in [-0.4, -0.2) is 36.9 Å². The van der Waals surface area contributed by atoms with Gasteiger partial charge in [0.15, 0.2) is 11.5 Å². The molecule has 2 N–H and O–H groups in total. The van der Waals surface area contributed by atoms with Crippen LogP contribution in [0, 0.1) is 12.3 Å². The Morgan fingerprint density at radius 2 is 1.93 bits per heavy atom. The van der Waals surface area contributed by atoms with Gasteiger partial charge in [-0.3, -0.25) is 9.78 Å². The zero-order valence-electron chi connectivity index (χ0n) is 18.1. The molecule has 3 aromatic rings. The van der Waals surface area contributed by atoms with Crippen molar-refractivity contribution in [2.24, 2.45) is 0 Å². The molecule has 0 radical (unpaired) electrons. The zero-order valence-corrected chi connectivity index (χ0v) is 18.1. The first-order chi connectivity index (χ1) is 14.4. The number of benzene rings is 2. The van der Waals surface area contributed by atoms with E-state index in [9.17, 15) is 4.79 Å². The molecular weight excluding hydrogens is 380 g/mol. The molecule has 0 spiro atoms. The van der Waals surface area contributed by atoms with Crippen LogP contribution in [0.3, 0.4) is 0 Å². The van der Waals surface area contributed by atoms with Crippen LogP contribution in [0.15, 0.2) is 35.1 Å². The summed E-state index contributed by atoms with van der Waals surface area (Å²) >= 11 is 0. The smallest absolute Gasteiger partial charge is 0.260 e. The van der Waals surface area contributed by atoms with Crippen molar-refractivity contribution in [1.82, 2.24) is 9.97 Å². The zero-order chi connectivity index (χ0) is 21.8. The number of hydrogen-bond acceptors (Lipinski definition) is 6. The molecule has 30 heavy (non-hydrogen) atoms. The average molecular weight is 409 g/mol. The molecule has 7 nitrogen and oxygen atoms in total. The molecule has 2 aromatic carbocycles. The lowest BCUT2D eigenvalue weighted by Crippen LogP contribution is -2.23. The van der Waals surface area contributed by atoms with E-state index < -0.39 is 0 Å². The Morgan fingerprint density at radius 3 is 2.60 bits per heavy atom. The minimum absolute atomic E-state index is 0.217. The molecule has 0 unspecified atom stereocenters. The number of aromatic nitrogens is 2. The number of ether oxygens (including phenoxy) is 2. The van der Waals surface area contributed by atoms with Crippen LogP contribution in [0.4, 0.5) is 5.95 Å². The van der Waals surface area contributed by atoms with Gasteiger partial charge in [0.05, 0.1) is 25.1 Å². The minimum atomic E-state index is -0.217. The van der Waals surface area contributed by atoms with Crippen molar-refractivity contribution in [3.05, 3.63) is 57.4 Å². The normalized spacial score (nSPS) is 10.8. The van der Waals surface area contributed by atoms with Gasteiger partial charge in [-0.15, -0.1) is 0 Å². The molecule has 0 saturated carbocycles. The minimum Gasteiger partial charge on any atom is -0.493 e. The third-order valence-electron chi connectivity index (χ3n) is 5.18. The summed E-state index contributed by atoms with van der Waals surface area (Å²) in [4.78, 5) is 22.3. The van der Waals surface area contributed by atoms with Gasteiger partial charge in [-0.05, 0) is 24.5 Å². The number of rotatable bonds is 8. The average Bonchev–Trinajstić information content (AvgIpc) is 2.73. The summed E-state index contributed by atoms with van der Waals surface area (Å²) < 4.78 is 10.8. The fourth-order valence-electron chi connectivity index (χ4n) is 3.58. The Bertz CT molecular complexity index is 1140. The Labute approximate surface area is 176 Å². The van der Waals surface area contributed by atoms with Crippen LogP contribution in [-0.2, 0) is 13.0 Å². The number of H-pyrrole nitrogens is 1. The molecule has 0 fully saturated rings. The number of nitrogens with one attached hydrogen (secondary N) is 2. The molecule has 0 saturated heterocycles. The fraction of sp³-hybridized carbons (Fsp3) is 0.348. The summed E-state index contributed by atoms with van der Waals surface area (Å²) in [5.74, 6) is 1.55.